The molecule has 6 nitrogen and oxygen atoms in total. The summed E-state index contributed by atoms with van der Waals surface area (Å²) in [6.45, 7) is 3.72. The summed E-state index contributed by atoms with van der Waals surface area (Å²) in [6, 6.07) is 13.3. The third-order valence-electron chi connectivity index (χ3n) is 4.93. The normalized spacial score (nSPS) is 17.9. The third kappa shape index (κ3) is 2.95. The summed E-state index contributed by atoms with van der Waals surface area (Å²) in [5.41, 5.74) is 2.64. The molecule has 142 valence electrons. The van der Waals surface area contributed by atoms with Crippen LogP contribution >= 0.6 is 0 Å². The lowest BCUT2D eigenvalue weighted by Gasteiger charge is -2.32. The first-order chi connectivity index (χ1) is 13.2. The Kier molecular flexibility index (Phi) is 4.76. The molecule has 0 N–H and O–H groups in total. The summed E-state index contributed by atoms with van der Waals surface area (Å²) in [7, 11) is 1.60. The number of para-hydroxylation sites is 3. The molecule has 0 unspecified atom stereocenters. The molecule has 0 aliphatic carbocycles. The number of anilines is 1. The second-order valence-corrected chi connectivity index (χ2v) is 6.59. The van der Waals surface area contributed by atoms with Crippen molar-refractivity contribution >= 4 is 11.6 Å². The van der Waals surface area contributed by atoms with Gasteiger partial charge in [-0.3, -0.25) is 4.79 Å². The molecule has 27 heavy (non-hydrogen) atoms. The molecule has 1 spiro atoms. The lowest BCUT2D eigenvalue weighted by molar-refractivity contribution is -0.256. The Balaban J connectivity index is 1.57. The number of carbonyl (C=O) groups excluding carboxylic acids is 1. The quantitative estimate of drug-likeness (QED) is 0.811. The van der Waals surface area contributed by atoms with Crippen LogP contribution in [0, 0.1) is 6.92 Å². The predicted molar refractivity (Wildman–Crippen MR) is 100 cm³/mol. The zero-order valence-electron chi connectivity index (χ0n) is 15.6. The van der Waals surface area contributed by atoms with E-state index in [4.69, 9.17) is 18.9 Å². The lowest BCUT2D eigenvalue weighted by atomic mass is 10.0. The molecule has 0 saturated carbocycles. The smallest absolute Gasteiger partial charge is 0.292 e. The highest BCUT2D eigenvalue weighted by Crippen LogP contribution is 2.46. The van der Waals surface area contributed by atoms with Gasteiger partial charge in [0.2, 0.25) is 0 Å². The Hall–Kier alpha value is -2.57. The van der Waals surface area contributed by atoms with Crippen LogP contribution in [0.25, 0.3) is 0 Å². The second-order valence-electron chi connectivity index (χ2n) is 6.59. The molecule has 2 aliphatic rings. The maximum atomic E-state index is 13.3. The molecule has 1 fully saturated rings. The number of methoxy groups -OCH3 is 1. The van der Waals surface area contributed by atoms with Crippen molar-refractivity contribution in [2.75, 3.05) is 38.4 Å². The molecule has 2 aromatic carbocycles. The zero-order chi connectivity index (χ0) is 18.9. The molecule has 1 amide bonds. The summed E-state index contributed by atoms with van der Waals surface area (Å²) in [6.07, 6.45) is 0.785. The van der Waals surface area contributed by atoms with E-state index < -0.39 is 5.79 Å². The lowest BCUT2D eigenvalue weighted by Crippen LogP contribution is -2.48. The predicted octanol–water partition coefficient (Wildman–Crippen LogP) is 3.02. The summed E-state index contributed by atoms with van der Waals surface area (Å²) < 4.78 is 22.9. The van der Waals surface area contributed by atoms with E-state index in [1.165, 1.54) is 0 Å². The molecular weight excluding hydrogens is 346 g/mol. The SMILES string of the molecule is COc1ccccc1OCCN1C(=O)C2(OCCCO2)c2cccc(C)c21. The molecule has 0 atom stereocenters. The topological polar surface area (TPSA) is 57.2 Å². The van der Waals surface area contributed by atoms with Gasteiger partial charge in [0, 0.05) is 5.56 Å². The Morgan fingerprint density at radius 1 is 1.07 bits per heavy atom. The first kappa shape index (κ1) is 17.8. The van der Waals surface area contributed by atoms with E-state index in [1.807, 2.05) is 49.4 Å². The second kappa shape index (κ2) is 7.21. The van der Waals surface area contributed by atoms with Crippen molar-refractivity contribution in [2.45, 2.75) is 19.1 Å². The van der Waals surface area contributed by atoms with Crippen LogP contribution in [0.5, 0.6) is 11.5 Å². The molecule has 6 heteroatoms. The summed E-state index contributed by atoms with van der Waals surface area (Å²) in [5.74, 6) is -0.187. The highest BCUT2D eigenvalue weighted by atomic mass is 16.7. The van der Waals surface area contributed by atoms with Gasteiger partial charge in [-0.25, -0.2) is 0 Å². The number of amides is 1. The molecule has 0 bridgehead atoms. The molecule has 1 saturated heterocycles. The monoisotopic (exact) mass is 369 g/mol. The molecule has 2 aromatic rings. The standard InChI is InChI=1S/C21H23NO5/c1-15-7-5-8-16-19(15)22(20(23)21(16)26-12-6-13-27-21)11-14-25-18-10-4-3-9-17(18)24-2/h3-5,7-10H,6,11-14H2,1-2H3. The molecule has 2 aliphatic heterocycles. The Morgan fingerprint density at radius 3 is 2.56 bits per heavy atom. The average molecular weight is 369 g/mol. The fraction of sp³-hybridized carbons (Fsp3) is 0.381. The van der Waals surface area contributed by atoms with Crippen molar-refractivity contribution in [3.63, 3.8) is 0 Å². The van der Waals surface area contributed by atoms with E-state index in [1.54, 1.807) is 12.0 Å². The van der Waals surface area contributed by atoms with Crippen LogP contribution in [0.1, 0.15) is 17.5 Å². The molecular formula is C21H23NO5. The molecule has 0 aromatic heterocycles. The zero-order valence-corrected chi connectivity index (χ0v) is 15.6. The van der Waals surface area contributed by atoms with Gasteiger partial charge in [0.25, 0.3) is 11.7 Å². The maximum Gasteiger partial charge on any atom is 0.292 e. The van der Waals surface area contributed by atoms with Gasteiger partial charge in [-0.05, 0) is 31.0 Å². The van der Waals surface area contributed by atoms with Crippen LogP contribution in [-0.4, -0.2) is 39.4 Å². The first-order valence-corrected chi connectivity index (χ1v) is 9.13. The van der Waals surface area contributed by atoms with Gasteiger partial charge in [-0.2, -0.15) is 0 Å². The number of benzene rings is 2. The van der Waals surface area contributed by atoms with E-state index in [2.05, 4.69) is 0 Å². The van der Waals surface area contributed by atoms with Crippen LogP contribution in [0.15, 0.2) is 42.5 Å². The minimum absolute atomic E-state index is 0.185. The van der Waals surface area contributed by atoms with Gasteiger partial charge in [0.15, 0.2) is 11.5 Å². The number of carbonyl (C=O) groups is 1. The van der Waals surface area contributed by atoms with Crippen LogP contribution in [0.4, 0.5) is 5.69 Å². The first-order valence-electron chi connectivity index (χ1n) is 9.13. The Bertz CT molecular complexity index is 844. The number of nitrogens with zero attached hydrogens (tertiary/aromatic N) is 1. The van der Waals surface area contributed by atoms with E-state index in [0.717, 1.165) is 23.2 Å². The van der Waals surface area contributed by atoms with Gasteiger partial charge < -0.3 is 23.8 Å². The number of aryl methyl sites for hydroxylation is 1. The van der Waals surface area contributed by atoms with Crippen molar-refractivity contribution < 1.29 is 23.7 Å². The number of hydrogen-bond donors (Lipinski definition) is 0. The summed E-state index contributed by atoms with van der Waals surface area (Å²) in [4.78, 5) is 15.0. The highest BCUT2D eigenvalue weighted by Gasteiger charge is 2.55. The van der Waals surface area contributed by atoms with E-state index in [0.29, 0.717) is 37.9 Å². The summed E-state index contributed by atoms with van der Waals surface area (Å²) >= 11 is 0. The van der Waals surface area contributed by atoms with Crippen molar-refractivity contribution in [2.24, 2.45) is 0 Å². The van der Waals surface area contributed by atoms with E-state index in [-0.39, 0.29) is 5.91 Å². The minimum Gasteiger partial charge on any atom is -0.493 e. The third-order valence-corrected chi connectivity index (χ3v) is 4.93. The minimum atomic E-state index is -1.32. The number of ether oxygens (including phenoxy) is 4. The van der Waals surface area contributed by atoms with E-state index in [9.17, 15) is 4.79 Å². The summed E-state index contributed by atoms with van der Waals surface area (Å²) in [5, 5.41) is 0. The van der Waals surface area contributed by atoms with Gasteiger partial charge in [-0.15, -0.1) is 0 Å². The van der Waals surface area contributed by atoms with Crippen molar-refractivity contribution in [3.8, 4) is 11.5 Å². The fourth-order valence-corrected chi connectivity index (χ4v) is 3.69. The maximum absolute atomic E-state index is 13.3. The molecule has 4 rings (SSSR count). The van der Waals surface area contributed by atoms with Gasteiger partial charge >= 0.3 is 0 Å². The molecule has 0 radical (unpaired) electrons. The van der Waals surface area contributed by atoms with Crippen molar-refractivity contribution in [1.82, 2.24) is 0 Å². The van der Waals surface area contributed by atoms with Gasteiger partial charge in [-0.1, -0.05) is 30.3 Å². The van der Waals surface area contributed by atoms with Crippen LogP contribution in [-0.2, 0) is 20.1 Å². The highest BCUT2D eigenvalue weighted by molar-refractivity contribution is 6.06. The Morgan fingerprint density at radius 2 is 1.81 bits per heavy atom. The number of hydrogen-bond acceptors (Lipinski definition) is 5. The van der Waals surface area contributed by atoms with Crippen molar-refractivity contribution in [3.05, 3.63) is 53.6 Å². The fourth-order valence-electron chi connectivity index (χ4n) is 3.69. The number of rotatable bonds is 5. The average Bonchev–Trinajstić information content (AvgIpc) is 2.93. The van der Waals surface area contributed by atoms with Crippen LogP contribution in [0.2, 0.25) is 0 Å². The number of fused-ring (bicyclic) bond motifs is 2. The van der Waals surface area contributed by atoms with Gasteiger partial charge in [0.1, 0.15) is 6.61 Å². The Labute approximate surface area is 158 Å². The van der Waals surface area contributed by atoms with Crippen molar-refractivity contribution in [1.29, 1.82) is 0 Å². The van der Waals surface area contributed by atoms with Crippen LogP contribution < -0.4 is 14.4 Å². The molecule has 2 heterocycles. The van der Waals surface area contributed by atoms with E-state index >= 15 is 0 Å². The largest absolute Gasteiger partial charge is 0.493 e. The van der Waals surface area contributed by atoms with Gasteiger partial charge in [0.05, 0.1) is 32.6 Å². The van der Waals surface area contributed by atoms with Crippen LogP contribution in [0.3, 0.4) is 0 Å².